The third kappa shape index (κ3) is 4.51. The van der Waals surface area contributed by atoms with Gasteiger partial charge in [0.1, 0.15) is 11.6 Å². The van der Waals surface area contributed by atoms with Crippen LogP contribution in [-0.4, -0.2) is 23.1 Å². The average molecular weight is 251 g/mol. The molecule has 0 unspecified atom stereocenters. The van der Waals surface area contributed by atoms with Gasteiger partial charge in [-0.3, -0.25) is 0 Å². The lowest BCUT2D eigenvalue weighted by molar-refractivity contribution is 0.292. The van der Waals surface area contributed by atoms with Crippen LogP contribution in [-0.2, 0) is 0 Å². The van der Waals surface area contributed by atoms with E-state index in [9.17, 15) is 0 Å². The summed E-state index contributed by atoms with van der Waals surface area (Å²) in [4.78, 5) is 8.78. The Morgan fingerprint density at radius 1 is 1.06 bits per heavy atom. The van der Waals surface area contributed by atoms with Gasteiger partial charge in [0.25, 0.3) is 0 Å². The largest absolute Gasteiger partial charge is 0.477 e. The van der Waals surface area contributed by atoms with Gasteiger partial charge in [-0.15, -0.1) is 0 Å². The van der Waals surface area contributed by atoms with Gasteiger partial charge in [-0.05, 0) is 26.7 Å². The number of nitrogens with zero attached hydrogens (tertiary/aromatic N) is 2. The van der Waals surface area contributed by atoms with Crippen molar-refractivity contribution in [1.29, 1.82) is 0 Å². The second-order valence-corrected chi connectivity index (χ2v) is 4.53. The van der Waals surface area contributed by atoms with E-state index in [-0.39, 0.29) is 0 Å². The van der Waals surface area contributed by atoms with Crippen molar-refractivity contribution in [1.82, 2.24) is 9.97 Å². The van der Waals surface area contributed by atoms with Gasteiger partial charge in [0, 0.05) is 6.54 Å². The molecule has 0 aliphatic carbocycles. The van der Waals surface area contributed by atoms with Crippen LogP contribution in [0.2, 0.25) is 0 Å². The molecular weight excluding hydrogens is 226 g/mol. The van der Waals surface area contributed by atoms with Crippen LogP contribution in [0.15, 0.2) is 0 Å². The molecule has 18 heavy (non-hydrogen) atoms. The fourth-order valence-corrected chi connectivity index (χ4v) is 1.68. The van der Waals surface area contributed by atoms with Crippen molar-refractivity contribution in [3.8, 4) is 5.88 Å². The number of anilines is 1. The zero-order valence-electron chi connectivity index (χ0n) is 12.0. The number of rotatable bonds is 8. The third-order valence-electron chi connectivity index (χ3n) is 2.74. The van der Waals surface area contributed by atoms with Gasteiger partial charge in [-0.25, -0.2) is 4.98 Å². The number of nitrogens with one attached hydrogen (secondary N) is 1. The minimum absolute atomic E-state index is 0.720. The van der Waals surface area contributed by atoms with Gasteiger partial charge in [0.05, 0.1) is 12.2 Å². The van der Waals surface area contributed by atoms with Crippen LogP contribution in [0.25, 0.3) is 0 Å². The molecular formula is C14H25N3O. The molecule has 0 aliphatic rings. The van der Waals surface area contributed by atoms with Crippen molar-refractivity contribution >= 4 is 5.82 Å². The van der Waals surface area contributed by atoms with Crippen LogP contribution in [0.1, 0.15) is 50.9 Å². The Hall–Kier alpha value is -1.32. The Balaban J connectivity index is 2.68. The summed E-state index contributed by atoms with van der Waals surface area (Å²) in [6, 6.07) is 0. The highest BCUT2D eigenvalue weighted by Gasteiger charge is 2.09. The summed E-state index contributed by atoms with van der Waals surface area (Å²) in [5.41, 5.74) is 1.01. The molecule has 0 amide bonds. The van der Waals surface area contributed by atoms with E-state index in [1.54, 1.807) is 0 Å². The molecule has 1 heterocycles. The molecule has 0 saturated heterocycles. The van der Waals surface area contributed by atoms with Crippen LogP contribution in [0, 0.1) is 13.8 Å². The predicted molar refractivity (Wildman–Crippen MR) is 75.3 cm³/mol. The van der Waals surface area contributed by atoms with Gasteiger partial charge in [-0.2, -0.15) is 4.98 Å². The van der Waals surface area contributed by atoms with E-state index in [1.807, 2.05) is 13.8 Å². The van der Waals surface area contributed by atoms with E-state index in [0.29, 0.717) is 0 Å². The van der Waals surface area contributed by atoms with E-state index in [4.69, 9.17) is 4.74 Å². The lowest BCUT2D eigenvalue weighted by atomic mass is 10.2. The zero-order chi connectivity index (χ0) is 13.4. The Bertz CT molecular complexity index is 366. The quantitative estimate of drug-likeness (QED) is 0.718. The highest BCUT2D eigenvalue weighted by molar-refractivity contribution is 5.48. The highest BCUT2D eigenvalue weighted by Crippen LogP contribution is 2.22. The average Bonchev–Trinajstić information content (AvgIpc) is 2.36. The molecule has 0 radical (unpaired) electrons. The summed E-state index contributed by atoms with van der Waals surface area (Å²) in [5.74, 6) is 2.37. The molecule has 1 aromatic rings. The topological polar surface area (TPSA) is 47.0 Å². The van der Waals surface area contributed by atoms with Crippen molar-refractivity contribution < 1.29 is 4.74 Å². The normalized spacial score (nSPS) is 10.4. The van der Waals surface area contributed by atoms with E-state index in [0.717, 1.165) is 49.1 Å². The molecule has 0 aromatic carbocycles. The Morgan fingerprint density at radius 3 is 2.50 bits per heavy atom. The van der Waals surface area contributed by atoms with Crippen LogP contribution in [0.4, 0.5) is 5.82 Å². The molecule has 4 nitrogen and oxygen atoms in total. The second kappa shape index (κ2) is 7.90. The van der Waals surface area contributed by atoms with Crippen LogP contribution in [0.3, 0.4) is 0 Å². The molecule has 0 fully saturated rings. The van der Waals surface area contributed by atoms with E-state index in [1.165, 1.54) is 12.8 Å². The van der Waals surface area contributed by atoms with E-state index in [2.05, 4.69) is 29.1 Å². The second-order valence-electron chi connectivity index (χ2n) is 4.53. The lowest BCUT2D eigenvalue weighted by Crippen LogP contribution is -2.09. The maximum absolute atomic E-state index is 5.75. The van der Waals surface area contributed by atoms with Crippen molar-refractivity contribution in [2.45, 2.75) is 53.4 Å². The van der Waals surface area contributed by atoms with Gasteiger partial charge in [0.15, 0.2) is 0 Å². The van der Waals surface area contributed by atoms with Gasteiger partial charge in [0.2, 0.25) is 5.88 Å². The summed E-state index contributed by atoms with van der Waals surface area (Å²) >= 11 is 0. The fourth-order valence-electron chi connectivity index (χ4n) is 1.68. The fraction of sp³-hybridized carbons (Fsp3) is 0.714. The number of hydrogen-bond acceptors (Lipinski definition) is 4. The monoisotopic (exact) mass is 251 g/mol. The van der Waals surface area contributed by atoms with Crippen molar-refractivity contribution in [2.75, 3.05) is 18.5 Å². The smallest absolute Gasteiger partial charge is 0.221 e. The van der Waals surface area contributed by atoms with Crippen molar-refractivity contribution in [2.24, 2.45) is 0 Å². The first-order chi connectivity index (χ1) is 8.69. The summed E-state index contributed by atoms with van der Waals surface area (Å²) in [5, 5.41) is 3.31. The number of aromatic nitrogens is 2. The minimum Gasteiger partial charge on any atom is -0.477 e. The molecule has 0 saturated carbocycles. The lowest BCUT2D eigenvalue weighted by Gasteiger charge is -2.13. The molecule has 0 atom stereocenters. The maximum Gasteiger partial charge on any atom is 0.221 e. The third-order valence-corrected chi connectivity index (χ3v) is 2.74. The summed E-state index contributed by atoms with van der Waals surface area (Å²) < 4.78 is 5.75. The number of hydrogen-bond donors (Lipinski definition) is 1. The standard InChI is InChI=1S/C14H25N3O/c1-5-7-8-10-18-14-11(3)13(15-9-6-2)16-12(4)17-14/h5-10H2,1-4H3,(H,15,16,17). The molecule has 0 bridgehead atoms. The van der Waals surface area contributed by atoms with Crippen molar-refractivity contribution in [3.05, 3.63) is 11.4 Å². The first kappa shape index (κ1) is 14.7. The Morgan fingerprint density at radius 2 is 1.83 bits per heavy atom. The number of ether oxygens (including phenoxy) is 1. The van der Waals surface area contributed by atoms with Crippen LogP contribution in [0.5, 0.6) is 5.88 Å². The molecule has 0 aliphatic heterocycles. The number of aryl methyl sites for hydroxylation is 1. The maximum atomic E-state index is 5.75. The highest BCUT2D eigenvalue weighted by atomic mass is 16.5. The molecule has 1 aromatic heterocycles. The minimum atomic E-state index is 0.720. The molecule has 102 valence electrons. The van der Waals surface area contributed by atoms with Crippen LogP contribution >= 0.6 is 0 Å². The SMILES string of the molecule is CCCCCOc1nc(C)nc(NCCC)c1C. The van der Waals surface area contributed by atoms with Gasteiger partial charge < -0.3 is 10.1 Å². The predicted octanol–water partition coefficient (Wildman–Crippen LogP) is 3.48. The molecule has 1 rings (SSSR count). The van der Waals surface area contributed by atoms with Gasteiger partial charge >= 0.3 is 0 Å². The zero-order valence-corrected chi connectivity index (χ0v) is 12.0. The molecule has 1 N–H and O–H groups in total. The van der Waals surface area contributed by atoms with E-state index < -0.39 is 0 Å². The molecule has 0 spiro atoms. The molecule has 4 heteroatoms. The van der Waals surface area contributed by atoms with Crippen LogP contribution < -0.4 is 10.1 Å². The van der Waals surface area contributed by atoms with E-state index >= 15 is 0 Å². The summed E-state index contributed by atoms with van der Waals surface area (Å²) in [7, 11) is 0. The number of unbranched alkanes of at least 4 members (excludes halogenated alkanes) is 2. The summed E-state index contributed by atoms with van der Waals surface area (Å²) in [6.07, 6.45) is 4.56. The Kier molecular flexibility index (Phi) is 6.47. The first-order valence-electron chi connectivity index (χ1n) is 6.90. The summed E-state index contributed by atoms with van der Waals surface area (Å²) in [6.45, 7) is 9.89. The Labute approximate surface area is 110 Å². The first-order valence-corrected chi connectivity index (χ1v) is 6.90. The van der Waals surface area contributed by atoms with Gasteiger partial charge in [-0.1, -0.05) is 26.7 Å². The van der Waals surface area contributed by atoms with Crippen molar-refractivity contribution in [3.63, 3.8) is 0 Å².